The van der Waals surface area contributed by atoms with E-state index in [1.807, 2.05) is 0 Å². The number of ketones is 2. The molecule has 0 aromatic carbocycles. The fraction of sp³-hybridized carbons (Fsp3) is 0.500. The van der Waals surface area contributed by atoms with Crippen LogP contribution in [0.3, 0.4) is 0 Å². The molecule has 3 nitrogen and oxygen atoms in total. The van der Waals surface area contributed by atoms with Gasteiger partial charge in [-0.3, -0.25) is 9.59 Å². The predicted molar refractivity (Wildman–Crippen MR) is 28.1 cm³/mol. The fourth-order valence-electron chi connectivity index (χ4n) is 0.757. The summed E-state index contributed by atoms with van der Waals surface area (Å²) in [4.78, 5) is 20.9. The standard InChI is InChI=1S/C4H3NO2S/c6-2-1-5-4(8-5)3(2)7/h4H,1H2. The molecule has 2 unspecified atom stereocenters. The minimum atomic E-state index is -0.228. The Hall–Kier alpha value is -0.350. The maximum Gasteiger partial charge on any atom is 0.229 e. The molecule has 2 saturated heterocycles. The van der Waals surface area contributed by atoms with Gasteiger partial charge < -0.3 is 0 Å². The van der Waals surface area contributed by atoms with Gasteiger partial charge in [0, 0.05) is 0 Å². The van der Waals surface area contributed by atoms with Crippen molar-refractivity contribution < 1.29 is 9.59 Å². The Morgan fingerprint density at radius 2 is 2.38 bits per heavy atom. The normalized spacial score (nSPS) is 42.5. The van der Waals surface area contributed by atoms with Gasteiger partial charge in [0.1, 0.15) is 5.37 Å². The van der Waals surface area contributed by atoms with Gasteiger partial charge in [-0.15, -0.1) is 0 Å². The van der Waals surface area contributed by atoms with E-state index in [0.29, 0.717) is 6.54 Å². The van der Waals surface area contributed by atoms with Crippen molar-refractivity contribution in [3.63, 3.8) is 0 Å². The molecule has 0 bridgehead atoms. The summed E-state index contributed by atoms with van der Waals surface area (Å²) in [5, 5.41) is -0.0810. The number of carbonyl (C=O) groups is 2. The van der Waals surface area contributed by atoms with Crippen molar-refractivity contribution in [3.05, 3.63) is 0 Å². The van der Waals surface area contributed by atoms with E-state index in [-0.39, 0.29) is 16.9 Å². The van der Waals surface area contributed by atoms with E-state index in [4.69, 9.17) is 0 Å². The highest BCUT2D eigenvalue weighted by Gasteiger charge is 2.52. The van der Waals surface area contributed by atoms with E-state index < -0.39 is 0 Å². The highest BCUT2D eigenvalue weighted by Crippen LogP contribution is 2.43. The number of carbonyl (C=O) groups excluding carboxylic acids is 2. The first kappa shape index (κ1) is 4.52. The maximum atomic E-state index is 10.5. The van der Waals surface area contributed by atoms with Crippen LogP contribution in [-0.4, -0.2) is 27.8 Å². The van der Waals surface area contributed by atoms with Crippen molar-refractivity contribution in [2.45, 2.75) is 5.37 Å². The van der Waals surface area contributed by atoms with Crippen LogP contribution < -0.4 is 0 Å². The third-order valence-electron chi connectivity index (χ3n) is 1.25. The molecule has 0 aliphatic carbocycles. The van der Waals surface area contributed by atoms with Crippen molar-refractivity contribution >= 4 is 23.5 Å². The number of hydrogen-bond acceptors (Lipinski definition) is 4. The Kier molecular flexibility index (Phi) is 0.644. The summed E-state index contributed by atoms with van der Waals surface area (Å²) < 4.78 is 1.78. The molecule has 0 saturated carbocycles. The number of fused-ring (bicyclic) bond motifs is 1. The molecule has 0 aromatic heterocycles. The van der Waals surface area contributed by atoms with Gasteiger partial charge in [-0.1, -0.05) is 0 Å². The molecule has 4 heteroatoms. The van der Waals surface area contributed by atoms with E-state index in [2.05, 4.69) is 0 Å². The van der Waals surface area contributed by atoms with Gasteiger partial charge in [0.05, 0.1) is 6.54 Å². The monoisotopic (exact) mass is 129 g/mol. The smallest absolute Gasteiger partial charge is 0.229 e. The van der Waals surface area contributed by atoms with E-state index in [0.717, 1.165) is 0 Å². The lowest BCUT2D eigenvalue weighted by atomic mass is 10.3. The molecule has 0 amide bonds. The summed E-state index contributed by atoms with van der Waals surface area (Å²) in [6, 6.07) is 0. The molecular weight excluding hydrogens is 126 g/mol. The van der Waals surface area contributed by atoms with Crippen LogP contribution in [0, 0.1) is 0 Å². The van der Waals surface area contributed by atoms with Gasteiger partial charge in [0.25, 0.3) is 0 Å². The number of nitrogens with zero attached hydrogens (tertiary/aromatic N) is 1. The van der Waals surface area contributed by atoms with Crippen LogP contribution >= 0.6 is 11.9 Å². The number of Topliss-reactive ketones (excluding diaryl/α,β-unsaturated/α-hetero) is 2. The van der Waals surface area contributed by atoms with Gasteiger partial charge >= 0.3 is 0 Å². The highest BCUT2D eigenvalue weighted by atomic mass is 32.2. The Morgan fingerprint density at radius 1 is 1.62 bits per heavy atom. The minimum Gasteiger partial charge on any atom is -0.289 e. The summed E-state index contributed by atoms with van der Waals surface area (Å²) in [5.74, 6) is -0.441. The zero-order chi connectivity index (χ0) is 5.72. The molecule has 2 rings (SSSR count). The van der Waals surface area contributed by atoms with Crippen LogP contribution in [0.25, 0.3) is 0 Å². The number of hydrogen-bond donors (Lipinski definition) is 0. The lowest BCUT2D eigenvalue weighted by molar-refractivity contribution is -0.133. The quantitative estimate of drug-likeness (QED) is 0.249. The lowest BCUT2D eigenvalue weighted by Crippen LogP contribution is -2.12. The molecule has 0 radical (unpaired) electrons. The van der Waals surface area contributed by atoms with Gasteiger partial charge in [0.2, 0.25) is 11.6 Å². The van der Waals surface area contributed by atoms with Gasteiger partial charge in [-0.25, -0.2) is 4.31 Å². The number of rotatable bonds is 0. The van der Waals surface area contributed by atoms with E-state index in [9.17, 15) is 9.59 Å². The second-order valence-electron chi connectivity index (χ2n) is 1.82. The van der Waals surface area contributed by atoms with Crippen molar-refractivity contribution in [3.8, 4) is 0 Å². The highest BCUT2D eigenvalue weighted by molar-refractivity contribution is 8.05. The van der Waals surface area contributed by atoms with Crippen LogP contribution in [0.2, 0.25) is 0 Å². The average molecular weight is 129 g/mol. The van der Waals surface area contributed by atoms with Crippen LogP contribution in [0.15, 0.2) is 0 Å². The third kappa shape index (κ3) is 0.392. The molecule has 42 valence electrons. The summed E-state index contributed by atoms with van der Waals surface area (Å²) in [7, 11) is 0. The maximum absolute atomic E-state index is 10.5. The largest absolute Gasteiger partial charge is 0.289 e. The van der Waals surface area contributed by atoms with Crippen molar-refractivity contribution in [1.82, 2.24) is 4.31 Å². The Labute approximate surface area is 50.2 Å². The molecule has 2 fully saturated rings. The average Bonchev–Trinajstić information content (AvgIpc) is 2.39. The summed E-state index contributed by atoms with van der Waals surface area (Å²) >= 11 is 1.45. The fourth-order valence-corrected chi connectivity index (χ4v) is 1.55. The van der Waals surface area contributed by atoms with Crippen LogP contribution in [0.4, 0.5) is 0 Å². The Bertz CT molecular complexity index is 179. The predicted octanol–water partition coefficient (Wildman–Crippen LogP) is -0.572. The zero-order valence-corrected chi connectivity index (χ0v) is 4.77. The first-order valence-corrected chi connectivity index (χ1v) is 3.13. The van der Waals surface area contributed by atoms with Gasteiger partial charge in [0.15, 0.2) is 0 Å². The topological polar surface area (TPSA) is 37.1 Å². The minimum absolute atomic E-state index is 0.0810. The zero-order valence-electron chi connectivity index (χ0n) is 3.96. The van der Waals surface area contributed by atoms with E-state index in [1.54, 1.807) is 4.31 Å². The molecule has 2 atom stereocenters. The van der Waals surface area contributed by atoms with Gasteiger partial charge in [-0.05, 0) is 11.9 Å². The van der Waals surface area contributed by atoms with Crippen molar-refractivity contribution in [2.75, 3.05) is 6.54 Å². The van der Waals surface area contributed by atoms with Crippen LogP contribution in [-0.2, 0) is 9.59 Å². The summed E-state index contributed by atoms with van der Waals surface area (Å²) in [6.45, 7) is 0.341. The molecule has 2 aliphatic rings. The Balaban J connectivity index is 2.31. The molecular formula is C4H3NO2S. The lowest BCUT2D eigenvalue weighted by Gasteiger charge is -1.81. The van der Waals surface area contributed by atoms with E-state index in [1.165, 1.54) is 11.9 Å². The third-order valence-corrected chi connectivity index (χ3v) is 2.31. The molecule has 0 spiro atoms. The van der Waals surface area contributed by atoms with Crippen LogP contribution in [0.1, 0.15) is 0 Å². The molecule has 2 heterocycles. The first-order valence-electron chi connectivity index (χ1n) is 2.29. The van der Waals surface area contributed by atoms with Crippen LogP contribution in [0.5, 0.6) is 0 Å². The second kappa shape index (κ2) is 1.14. The Morgan fingerprint density at radius 3 is 2.62 bits per heavy atom. The summed E-state index contributed by atoms with van der Waals surface area (Å²) in [5.41, 5.74) is 0. The molecule has 2 aliphatic heterocycles. The molecule has 0 N–H and O–H groups in total. The SMILES string of the molecule is O=C1CN2SC2C1=O. The molecule has 0 aromatic rings. The molecule has 8 heavy (non-hydrogen) atoms. The van der Waals surface area contributed by atoms with Crippen molar-refractivity contribution in [2.24, 2.45) is 0 Å². The summed E-state index contributed by atoms with van der Waals surface area (Å²) in [6.07, 6.45) is 0. The second-order valence-corrected chi connectivity index (χ2v) is 2.95. The first-order chi connectivity index (χ1) is 3.79. The van der Waals surface area contributed by atoms with Crippen molar-refractivity contribution in [1.29, 1.82) is 0 Å². The van der Waals surface area contributed by atoms with Gasteiger partial charge in [-0.2, -0.15) is 0 Å². The van der Waals surface area contributed by atoms with E-state index >= 15 is 0 Å².